The van der Waals surface area contributed by atoms with E-state index < -0.39 is 4.49 Å². The van der Waals surface area contributed by atoms with Gasteiger partial charge in [0.25, 0.3) is 0 Å². The summed E-state index contributed by atoms with van der Waals surface area (Å²) >= 11 is 2.46. The summed E-state index contributed by atoms with van der Waals surface area (Å²) in [5, 5.41) is 0. The van der Waals surface area contributed by atoms with E-state index in [2.05, 4.69) is 55.9 Å². The van der Waals surface area contributed by atoms with Crippen LogP contribution in [0.15, 0.2) is 0 Å². The third kappa shape index (κ3) is 3.22. The fourth-order valence-electron chi connectivity index (χ4n) is 1.46. The van der Waals surface area contributed by atoms with Gasteiger partial charge in [0.1, 0.15) is 0 Å². The first-order valence-corrected chi connectivity index (χ1v) is 9.69. The van der Waals surface area contributed by atoms with Gasteiger partial charge in [-0.05, 0) is 0 Å². The van der Waals surface area contributed by atoms with Gasteiger partial charge < -0.3 is 0 Å². The van der Waals surface area contributed by atoms with Gasteiger partial charge in [0.05, 0.1) is 0 Å². The summed E-state index contributed by atoms with van der Waals surface area (Å²) in [4.78, 5) is 0. The van der Waals surface area contributed by atoms with Gasteiger partial charge in [-0.25, -0.2) is 0 Å². The van der Waals surface area contributed by atoms with E-state index in [-0.39, 0.29) is 0 Å². The number of rotatable bonds is 4. The Labute approximate surface area is 84.1 Å². The van der Waals surface area contributed by atoms with Crippen molar-refractivity contribution >= 4 is 25.7 Å². The Bertz CT molecular complexity index is 138. The summed E-state index contributed by atoms with van der Waals surface area (Å²) < 4.78 is -0.603. The van der Waals surface area contributed by atoms with Gasteiger partial charge in [0.15, 0.2) is 0 Å². The van der Waals surface area contributed by atoms with Crippen LogP contribution in [0.4, 0.5) is 0 Å². The maximum atomic E-state index is 2.46. The van der Waals surface area contributed by atoms with E-state index in [1.807, 2.05) is 0 Å². The Morgan fingerprint density at radius 2 is 1.45 bits per heavy atom. The van der Waals surface area contributed by atoms with Crippen LogP contribution >= 0.6 is 4.49 Å². The standard InChI is InChI=1S/C9H21PTe/c1-6-7-10(11,8(2)3)9(4)5/h8-9H,6-7H2,1-5H3. The van der Waals surface area contributed by atoms with Crippen LogP contribution < -0.4 is 0 Å². The zero-order valence-corrected chi connectivity index (χ0v) is 11.6. The molecule has 11 heavy (non-hydrogen) atoms. The summed E-state index contributed by atoms with van der Waals surface area (Å²) in [6.07, 6.45) is 2.84. The molecule has 0 nitrogen and oxygen atoms in total. The van der Waals surface area contributed by atoms with Crippen molar-refractivity contribution in [2.45, 2.75) is 52.4 Å². The summed E-state index contributed by atoms with van der Waals surface area (Å²) in [6, 6.07) is 0. The maximum absolute atomic E-state index is 2.46. The molecule has 0 aromatic carbocycles. The predicted octanol–water partition coefficient (Wildman–Crippen LogP) is 3.31. The Hall–Kier alpha value is 1.22. The van der Waals surface area contributed by atoms with Crippen LogP contribution in [-0.4, -0.2) is 38.7 Å². The first-order valence-electron chi connectivity index (χ1n) is 4.53. The topological polar surface area (TPSA) is 0 Å². The minimum atomic E-state index is -0.603. The zero-order valence-electron chi connectivity index (χ0n) is 8.42. The Kier molecular flexibility index (Phi) is 5.62. The van der Waals surface area contributed by atoms with Crippen molar-refractivity contribution in [1.82, 2.24) is 0 Å². The van der Waals surface area contributed by atoms with E-state index in [1.54, 1.807) is 0 Å². The molecule has 0 amide bonds. The van der Waals surface area contributed by atoms with Crippen LogP contribution in [0, 0.1) is 0 Å². The molecule has 68 valence electrons. The predicted molar refractivity (Wildman–Crippen MR) is 58.1 cm³/mol. The molecule has 0 saturated heterocycles. The van der Waals surface area contributed by atoms with Crippen LogP contribution in [0.5, 0.6) is 0 Å². The molecule has 0 unspecified atom stereocenters. The van der Waals surface area contributed by atoms with Crippen molar-refractivity contribution in [3.05, 3.63) is 0 Å². The van der Waals surface area contributed by atoms with Crippen LogP contribution in [-0.2, 0) is 0 Å². The van der Waals surface area contributed by atoms with Crippen LogP contribution in [0.2, 0.25) is 0 Å². The van der Waals surface area contributed by atoms with Crippen molar-refractivity contribution < 1.29 is 0 Å². The molecule has 0 bridgehead atoms. The Balaban J connectivity index is 4.40. The molecule has 0 aromatic heterocycles. The molecular weight excluding hydrogens is 267 g/mol. The quantitative estimate of drug-likeness (QED) is 0.550. The monoisotopic (exact) mass is 290 g/mol. The average Bonchev–Trinajstić information content (AvgIpc) is 1.87. The van der Waals surface area contributed by atoms with Crippen molar-refractivity contribution in [2.75, 3.05) is 6.16 Å². The summed E-state index contributed by atoms with van der Waals surface area (Å²) in [5.74, 6) is 0. The van der Waals surface area contributed by atoms with E-state index in [4.69, 9.17) is 0 Å². The van der Waals surface area contributed by atoms with E-state index in [1.165, 1.54) is 12.6 Å². The molecule has 0 aromatic rings. The van der Waals surface area contributed by atoms with Crippen molar-refractivity contribution in [3.63, 3.8) is 0 Å². The second-order valence-corrected chi connectivity index (χ2v) is 13.8. The van der Waals surface area contributed by atoms with E-state index in [9.17, 15) is 0 Å². The average molecular weight is 288 g/mol. The molecule has 0 radical (unpaired) electrons. The Morgan fingerprint density at radius 3 is 1.55 bits per heavy atom. The molecule has 0 fully saturated rings. The summed E-state index contributed by atoms with van der Waals surface area (Å²) in [7, 11) is 0. The van der Waals surface area contributed by atoms with Gasteiger partial charge in [0, 0.05) is 0 Å². The van der Waals surface area contributed by atoms with Crippen LogP contribution in [0.1, 0.15) is 41.0 Å². The molecule has 0 spiro atoms. The molecular formula is C9H21PTe. The van der Waals surface area contributed by atoms with E-state index >= 15 is 0 Å². The fourth-order valence-corrected chi connectivity index (χ4v) is 5.95. The zero-order chi connectivity index (χ0) is 9.07. The molecule has 0 aliphatic carbocycles. The second kappa shape index (κ2) is 5.06. The molecule has 0 heterocycles. The van der Waals surface area contributed by atoms with Gasteiger partial charge >= 0.3 is 84.2 Å². The van der Waals surface area contributed by atoms with E-state index in [0.717, 1.165) is 11.3 Å². The molecule has 0 atom stereocenters. The van der Waals surface area contributed by atoms with Crippen molar-refractivity contribution in [3.8, 4) is 0 Å². The van der Waals surface area contributed by atoms with Gasteiger partial charge in [-0.1, -0.05) is 0 Å². The number of hydrogen-bond acceptors (Lipinski definition) is 0. The van der Waals surface area contributed by atoms with Crippen LogP contribution in [0.3, 0.4) is 0 Å². The Morgan fingerprint density at radius 1 is 1.09 bits per heavy atom. The summed E-state index contributed by atoms with van der Waals surface area (Å²) in [6.45, 7) is 11.9. The van der Waals surface area contributed by atoms with Crippen LogP contribution in [0.25, 0.3) is 0 Å². The molecule has 0 N–H and O–H groups in total. The molecule has 0 aliphatic heterocycles. The first kappa shape index (κ1) is 12.2. The van der Waals surface area contributed by atoms with E-state index in [0.29, 0.717) is 0 Å². The number of hydrogen-bond donors (Lipinski definition) is 0. The van der Waals surface area contributed by atoms with Gasteiger partial charge in [-0.15, -0.1) is 0 Å². The molecule has 0 rings (SSSR count). The molecule has 0 aliphatic rings. The molecule has 2 heteroatoms. The second-order valence-electron chi connectivity index (χ2n) is 3.77. The van der Waals surface area contributed by atoms with Crippen molar-refractivity contribution in [1.29, 1.82) is 0 Å². The third-order valence-electron chi connectivity index (χ3n) is 2.32. The third-order valence-corrected chi connectivity index (χ3v) is 15.7. The van der Waals surface area contributed by atoms with Gasteiger partial charge in [-0.3, -0.25) is 0 Å². The fraction of sp³-hybridized carbons (Fsp3) is 1.00. The summed E-state index contributed by atoms with van der Waals surface area (Å²) in [5.41, 5.74) is 1.85. The first-order chi connectivity index (χ1) is 4.95. The minimum absolute atomic E-state index is 0.603. The van der Waals surface area contributed by atoms with Crippen molar-refractivity contribution in [2.24, 2.45) is 0 Å². The normalized spacial score (nSPS) is 13.0. The SMILES string of the molecule is CCCP(=[Te])(C(C)C)C(C)C. The van der Waals surface area contributed by atoms with Gasteiger partial charge in [-0.2, -0.15) is 0 Å². The van der Waals surface area contributed by atoms with Gasteiger partial charge in [0.2, 0.25) is 0 Å². The molecule has 0 saturated carbocycles.